The lowest BCUT2D eigenvalue weighted by molar-refractivity contribution is 0.0696. The number of hydrogen-bond donors (Lipinski definition) is 2. The highest BCUT2D eigenvalue weighted by Gasteiger charge is 2.18. The quantitative estimate of drug-likeness (QED) is 0.750. The molecule has 110 valence electrons. The Bertz CT molecular complexity index is 785. The summed E-state index contributed by atoms with van der Waals surface area (Å²) >= 11 is 1.81. The van der Waals surface area contributed by atoms with E-state index in [0.717, 1.165) is 5.56 Å². The van der Waals surface area contributed by atoms with Gasteiger partial charge in [-0.05, 0) is 53.8 Å². The van der Waals surface area contributed by atoms with Gasteiger partial charge in [0.2, 0.25) is 0 Å². The first-order valence-electron chi connectivity index (χ1n) is 5.92. The van der Waals surface area contributed by atoms with Gasteiger partial charge in [0.05, 0.1) is 19.7 Å². The molecule has 0 aliphatic rings. The molecule has 0 aliphatic carbocycles. The molecule has 2 aromatic carbocycles. The number of aromatic carboxylic acids is 1. The molecule has 0 saturated carbocycles. The van der Waals surface area contributed by atoms with Crippen LogP contribution in [0.25, 0.3) is 0 Å². The van der Waals surface area contributed by atoms with Crippen molar-refractivity contribution in [3.63, 3.8) is 0 Å². The van der Waals surface area contributed by atoms with Crippen molar-refractivity contribution in [2.24, 2.45) is 0 Å². The number of carboxylic acid groups (broad SMARTS) is 1. The Morgan fingerprint density at radius 3 is 2.33 bits per heavy atom. The van der Waals surface area contributed by atoms with Crippen LogP contribution in [0.15, 0.2) is 47.4 Å². The third-order valence-electron chi connectivity index (χ3n) is 2.80. The summed E-state index contributed by atoms with van der Waals surface area (Å²) in [6.07, 6.45) is 0. The highest BCUT2D eigenvalue weighted by molar-refractivity contribution is 14.1. The zero-order valence-corrected chi connectivity index (χ0v) is 14.0. The van der Waals surface area contributed by atoms with Crippen molar-refractivity contribution in [3.05, 3.63) is 57.2 Å². The van der Waals surface area contributed by atoms with E-state index in [1.165, 1.54) is 30.3 Å². The summed E-state index contributed by atoms with van der Waals surface area (Å²) in [5.41, 5.74) is 1.26. The largest absolute Gasteiger partial charge is 0.478 e. The average Bonchev–Trinajstić information content (AvgIpc) is 2.41. The highest BCUT2D eigenvalue weighted by atomic mass is 127. The van der Waals surface area contributed by atoms with Gasteiger partial charge in [-0.15, -0.1) is 0 Å². The Kier molecular flexibility index (Phi) is 4.52. The molecular weight excluding hydrogens is 405 g/mol. The van der Waals surface area contributed by atoms with Crippen LogP contribution in [-0.2, 0) is 10.0 Å². The monoisotopic (exact) mass is 417 g/mol. The van der Waals surface area contributed by atoms with Gasteiger partial charge >= 0.3 is 5.97 Å². The molecule has 0 atom stereocenters. The third kappa shape index (κ3) is 3.53. The molecule has 0 aromatic heterocycles. The number of carbonyl (C=O) groups is 1. The van der Waals surface area contributed by atoms with Crippen LogP contribution in [-0.4, -0.2) is 19.5 Å². The second-order valence-corrected chi connectivity index (χ2v) is 7.15. The summed E-state index contributed by atoms with van der Waals surface area (Å²) in [7, 11) is -3.74. The molecule has 2 rings (SSSR count). The number of benzene rings is 2. The molecule has 7 heteroatoms. The number of nitrogens with one attached hydrogen (secondary N) is 1. The Labute approximate surface area is 136 Å². The van der Waals surface area contributed by atoms with E-state index in [4.69, 9.17) is 5.11 Å². The summed E-state index contributed by atoms with van der Waals surface area (Å²) in [6.45, 7) is 1.86. The summed E-state index contributed by atoms with van der Waals surface area (Å²) in [5, 5.41) is 9.05. The first kappa shape index (κ1) is 15.8. The zero-order chi connectivity index (χ0) is 15.6. The van der Waals surface area contributed by atoms with Crippen molar-refractivity contribution >= 4 is 44.3 Å². The predicted octanol–water partition coefficient (Wildman–Crippen LogP) is 3.10. The number of sulfonamides is 1. The second kappa shape index (κ2) is 6.02. The summed E-state index contributed by atoms with van der Waals surface area (Å²) < 4.78 is 27.3. The molecule has 0 bridgehead atoms. The smallest absolute Gasteiger partial charge is 0.336 e. The van der Waals surface area contributed by atoms with E-state index in [1.54, 1.807) is 12.1 Å². The number of rotatable bonds is 4. The Hall–Kier alpha value is -1.61. The van der Waals surface area contributed by atoms with Gasteiger partial charge in [-0.25, -0.2) is 13.2 Å². The molecule has 2 N–H and O–H groups in total. The lowest BCUT2D eigenvalue weighted by Crippen LogP contribution is -2.15. The molecule has 0 amide bonds. The van der Waals surface area contributed by atoms with Gasteiger partial charge in [-0.1, -0.05) is 23.8 Å². The van der Waals surface area contributed by atoms with E-state index in [9.17, 15) is 13.2 Å². The second-order valence-electron chi connectivity index (χ2n) is 4.39. The number of anilines is 1. The average molecular weight is 417 g/mol. The molecule has 0 heterocycles. The molecule has 2 aromatic rings. The lowest BCUT2D eigenvalue weighted by Gasteiger charge is -2.11. The van der Waals surface area contributed by atoms with Crippen LogP contribution < -0.4 is 4.72 Å². The lowest BCUT2D eigenvalue weighted by atomic mass is 10.2. The van der Waals surface area contributed by atoms with Crippen molar-refractivity contribution in [3.8, 4) is 0 Å². The molecule has 5 nitrogen and oxygen atoms in total. The molecule has 0 aliphatic heterocycles. The van der Waals surface area contributed by atoms with Crippen molar-refractivity contribution in [1.29, 1.82) is 0 Å². The van der Waals surface area contributed by atoms with Crippen LogP contribution >= 0.6 is 22.6 Å². The van der Waals surface area contributed by atoms with Crippen LogP contribution in [0.1, 0.15) is 15.9 Å². The van der Waals surface area contributed by atoms with Gasteiger partial charge in [0.1, 0.15) is 0 Å². The van der Waals surface area contributed by atoms with Gasteiger partial charge in [-0.3, -0.25) is 4.72 Å². The fourth-order valence-electron chi connectivity index (χ4n) is 1.70. The van der Waals surface area contributed by atoms with Crippen molar-refractivity contribution in [2.75, 3.05) is 4.72 Å². The molecule has 0 fully saturated rings. The Balaban J connectivity index is 2.39. The van der Waals surface area contributed by atoms with E-state index in [-0.39, 0.29) is 16.1 Å². The van der Waals surface area contributed by atoms with Gasteiger partial charge < -0.3 is 5.11 Å². The number of carboxylic acids is 1. The van der Waals surface area contributed by atoms with Gasteiger partial charge in [0.15, 0.2) is 0 Å². The van der Waals surface area contributed by atoms with Crippen LogP contribution in [0.4, 0.5) is 5.69 Å². The van der Waals surface area contributed by atoms with Crippen molar-refractivity contribution in [2.45, 2.75) is 11.8 Å². The van der Waals surface area contributed by atoms with E-state index in [1.807, 2.05) is 29.5 Å². The van der Waals surface area contributed by atoms with Gasteiger partial charge in [0, 0.05) is 0 Å². The van der Waals surface area contributed by atoms with E-state index >= 15 is 0 Å². The van der Waals surface area contributed by atoms with Gasteiger partial charge in [0.25, 0.3) is 10.0 Å². The summed E-state index contributed by atoms with van der Waals surface area (Å²) in [5.74, 6) is -1.10. The molecule has 0 unspecified atom stereocenters. The van der Waals surface area contributed by atoms with Crippen LogP contribution in [0.3, 0.4) is 0 Å². The zero-order valence-electron chi connectivity index (χ0n) is 11.0. The van der Waals surface area contributed by atoms with E-state index in [0.29, 0.717) is 3.57 Å². The highest BCUT2D eigenvalue weighted by Crippen LogP contribution is 2.25. The Morgan fingerprint density at radius 1 is 1.14 bits per heavy atom. The molecule has 21 heavy (non-hydrogen) atoms. The maximum absolute atomic E-state index is 12.3. The molecule has 0 saturated heterocycles. The van der Waals surface area contributed by atoms with Crippen LogP contribution in [0.5, 0.6) is 0 Å². The number of aryl methyl sites for hydroxylation is 1. The first-order valence-corrected chi connectivity index (χ1v) is 8.49. The maximum Gasteiger partial charge on any atom is 0.336 e. The molecule has 0 spiro atoms. The summed E-state index contributed by atoms with van der Waals surface area (Å²) in [4.78, 5) is 11.2. The first-order chi connectivity index (χ1) is 9.81. The fraction of sp³-hybridized carbons (Fsp3) is 0.0714. The van der Waals surface area contributed by atoms with Gasteiger partial charge in [-0.2, -0.15) is 0 Å². The third-order valence-corrected chi connectivity index (χ3v) is 5.35. The van der Waals surface area contributed by atoms with Crippen LogP contribution in [0.2, 0.25) is 0 Å². The molecular formula is C14H12INO4S. The number of hydrogen-bond acceptors (Lipinski definition) is 3. The SMILES string of the molecule is Cc1ccc(S(=O)(=O)Nc2cccc(C(=O)O)c2I)cc1. The standard InChI is InChI=1S/C14H12INO4S/c1-9-5-7-10(8-6-9)21(19,20)16-12-4-2-3-11(13(12)15)14(17)18/h2-8,16H,1H3,(H,17,18). The van der Waals surface area contributed by atoms with E-state index in [2.05, 4.69) is 4.72 Å². The van der Waals surface area contributed by atoms with Crippen molar-refractivity contribution < 1.29 is 18.3 Å². The summed E-state index contributed by atoms with van der Waals surface area (Å²) in [6, 6.07) is 10.9. The maximum atomic E-state index is 12.3. The minimum Gasteiger partial charge on any atom is -0.478 e. The minimum absolute atomic E-state index is 0.0553. The normalized spacial score (nSPS) is 11.1. The minimum atomic E-state index is -3.74. The Morgan fingerprint density at radius 2 is 1.76 bits per heavy atom. The molecule has 0 radical (unpaired) electrons. The van der Waals surface area contributed by atoms with E-state index < -0.39 is 16.0 Å². The number of halogens is 1. The fourth-order valence-corrected chi connectivity index (χ4v) is 3.68. The van der Waals surface area contributed by atoms with Crippen molar-refractivity contribution in [1.82, 2.24) is 0 Å². The van der Waals surface area contributed by atoms with Crippen LogP contribution in [0, 0.1) is 10.5 Å². The predicted molar refractivity (Wildman–Crippen MR) is 88.1 cm³/mol. The topological polar surface area (TPSA) is 83.5 Å².